The van der Waals surface area contributed by atoms with Crippen molar-refractivity contribution in [3.63, 3.8) is 0 Å². The molecule has 0 atom stereocenters. The van der Waals surface area contributed by atoms with Crippen LogP contribution in [0.15, 0.2) is 47.3 Å². The van der Waals surface area contributed by atoms with Crippen molar-refractivity contribution in [2.75, 3.05) is 20.1 Å². The Morgan fingerprint density at radius 2 is 1.79 bits per heavy atom. The zero-order chi connectivity index (χ0) is 19.2. The van der Waals surface area contributed by atoms with Crippen molar-refractivity contribution in [2.24, 2.45) is 0 Å². The van der Waals surface area contributed by atoms with E-state index in [2.05, 4.69) is 28.0 Å². The second-order valence-electron chi connectivity index (χ2n) is 6.86. The third-order valence-corrected chi connectivity index (χ3v) is 5.12. The second kappa shape index (κ2) is 10.5. The number of carbonyl (C=O) groups is 1. The number of benzene rings is 2. The zero-order valence-electron chi connectivity index (χ0n) is 15.8. The maximum Gasteiger partial charge on any atom is 0.323 e. The van der Waals surface area contributed by atoms with E-state index in [-0.39, 0.29) is 23.9 Å². The number of aromatic nitrogens is 2. The van der Waals surface area contributed by atoms with Crippen LogP contribution in [0.4, 0.5) is 0 Å². The largest absolute Gasteiger partial charge is 0.323 e. The Bertz CT molecular complexity index is 981. The highest BCUT2D eigenvalue weighted by Crippen LogP contribution is 2.16. The number of likely N-dealkylation sites (N-methyl/N-ethyl adjacent to an activating group) is 1. The van der Waals surface area contributed by atoms with Crippen molar-refractivity contribution >= 4 is 40.8 Å². The number of hydrogen-bond donors (Lipinski definition) is 2. The normalized spacial score (nSPS) is 11.0. The van der Waals surface area contributed by atoms with Crippen LogP contribution in [0.2, 0.25) is 5.02 Å². The number of nitrogens with one attached hydrogen (secondary N) is 2. The van der Waals surface area contributed by atoms with Crippen LogP contribution in [-0.4, -0.2) is 40.8 Å². The molecule has 0 spiro atoms. The maximum absolute atomic E-state index is 12.4. The lowest BCUT2D eigenvalue weighted by Gasteiger charge is -2.16. The van der Waals surface area contributed by atoms with Crippen LogP contribution in [0, 0.1) is 0 Å². The number of unbranched alkanes of at least 4 members (excludes halogenated alkanes) is 1. The van der Waals surface area contributed by atoms with Gasteiger partial charge < -0.3 is 14.9 Å². The number of imidazole rings is 1. The molecule has 28 heavy (non-hydrogen) atoms. The van der Waals surface area contributed by atoms with Crippen molar-refractivity contribution < 1.29 is 4.79 Å². The quantitative estimate of drug-likeness (QED) is 0.395. The zero-order valence-corrected chi connectivity index (χ0v) is 17.4. The maximum atomic E-state index is 12.4. The SMILES string of the molecule is CN(CCCCC(=O)c1ccc2[nH]c(=O)[nH]c2c1)CCc1ccccc1Cl.Cl. The number of carbonyl (C=O) groups excluding carboxylic acids is 1. The summed E-state index contributed by atoms with van der Waals surface area (Å²) >= 11 is 6.19. The van der Waals surface area contributed by atoms with Crippen LogP contribution < -0.4 is 5.69 Å². The van der Waals surface area contributed by atoms with Gasteiger partial charge in [0.15, 0.2) is 5.78 Å². The molecule has 2 aromatic carbocycles. The molecular formula is C21H25Cl2N3O2. The Morgan fingerprint density at radius 1 is 1.04 bits per heavy atom. The fourth-order valence-corrected chi connectivity index (χ4v) is 3.37. The molecule has 0 saturated heterocycles. The van der Waals surface area contributed by atoms with Gasteiger partial charge in [-0.15, -0.1) is 12.4 Å². The summed E-state index contributed by atoms with van der Waals surface area (Å²) < 4.78 is 0. The van der Waals surface area contributed by atoms with E-state index in [1.165, 1.54) is 5.56 Å². The van der Waals surface area contributed by atoms with Crippen LogP contribution in [0.1, 0.15) is 35.2 Å². The number of Topliss-reactive ketones (excluding diaryl/α,β-unsaturated/α-hetero) is 1. The molecule has 0 aliphatic carbocycles. The van der Waals surface area contributed by atoms with Gasteiger partial charge in [-0.25, -0.2) is 4.79 Å². The fraction of sp³-hybridized carbons (Fsp3) is 0.333. The van der Waals surface area contributed by atoms with Crippen LogP contribution >= 0.6 is 24.0 Å². The van der Waals surface area contributed by atoms with Crippen molar-refractivity contribution in [2.45, 2.75) is 25.7 Å². The molecule has 7 heteroatoms. The molecule has 0 saturated carbocycles. The number of hydrogen-bond acceptors (Lipinski definition) is 3. The molecule has 3 aromatic rings. The Hall–Kier alpha value is -2.08. The molecule has 1 heterocycles. The molecule has 0 amide bonds. The highest BCUT2D eigenvalue weighted by Gasteiger charge is 2.09. The molecule has 2 N–H and O–H groups in total. The number of H-pyrrole nitrogens is 2. The van der Waals surface area contributed by atoms with Crippen molar-refractivity contribution in [1.82, 2.24) is 14.9 Å². The smallest absolute Gasteiger partial charge is 0.306 e. The summed E-state index contributed by atoms with van der Waals surface area (Å²) in [4.78, 5) is 31.3. The van der Waals surface area contributed by atoms with Gasteiger partial charge in [0.05, 0.1) is 11.0 Å². The number of rotatable bonds is 9. The van der Waals surface area contributed by atoms with Crippen molar-refractivity contribution in [3.05, 3.63) is 69.1 Å². The van der Waals surface area contributed by atoms with E-state index in [1.54, 1.807) is 18.2 Å². The monoisotopic (exact) mass is 421 g/mol. The Kier molecular flexibility index (Phi) is 8.30. The summed E-state index contributed by atoms with van der Waals surface area (Å²) in [6.07, 6.45) is 3.24. The predicted molar refractivity (Wildman–Crippen MR) is 117 cm³/mol. The number of nitrogens with zero attached hydrogens (tertiary/aromatic N) is 1. The third kappa shape index (κ3) is 5.96. The minimum absolute atomic E-state index is 0. The van der Waals surface area contributed by atoms with Gasteiger partial charge in [-0.2, -0.15) is 0 Å². The summed E-state index contributed by atoms with van der Waals surface area (Å²) in [6, 6.07) is 13.2. The Labute approximate surface area is 175 Å². The van der Waals surface area contributed by atoms with Gasteiger partial charge in [-0.1, -0.05) is 29.8 Å². The van der Waals surface area contributed by atoms with Crippen LogP contribution in [0.5, 0.6) is 0 Å². The Balaban J connectivity index is 0.00000280. The average molecular weight is 422 g/mol. The average Bonchev–Trinajstić information content (AvgIpc) is 3.03. The van der Waals surface area contributed by atoms with Gasteiger partial charge in [-0.05, 0) is 62.7 Å². The van der Waals surface area contributed by atoms with Crippen molar-refractivity contribution in [3.8, 4) is 0 Å². The predicted octanol–water partition coefficient (Wildman–Crippen LogP) is 4.46. The van der Waals surface area contributed by atoms with E-state index in [4.69, 9.17) is 11.6 Å². The lowest BCUT2D eigenvalue weighted by Crippen LogP contribution is -2.22. The van der Waals surface area contributed by atoms with Gasteiger partial charge >= 0.3 is 5.69 Å². The lowest BCUT2D eigenvalue weighted by molar-refractivity contribution is 0.0978. The molecule has 150 valence electrons. The lowest BCUT2D eigenvalue weighted by atomic mass is 10.0. The molecular weight excluding hydrogens is 397 g/mol. The standard InChI is InChI=1S/C21H24ClN3O2.ClH/c1-25(13-11-15-6-2-3-7-17(15)22)12-5-4-8-20(26)16-9-10-18-19(14-16)24-21(27)23-18;/h2-3,6-7,9-10,14H,4-5,8,11-13H2,1H3,(H2,23,24,27);1H. The molecule has 3 rings (SSSR count). The molecule has 0 aliphatic rings. The fourth-order valence-electron chi connectivity index (χ4n) is 3.14. The van der Waals surface area contributed by atoms with E-state index in [1.807, 2.05) is 18.2 Å². The van der Waals surface area contributed by atoms with Crippen molar-refractivity contribution in [1.29, 1.82) is 0 Å². The van der Waals surface area contributed by atoms with E-state index >= 15 is 0 Å². The summed E-state index contributed by atoms with van der Waals surface area (Å²) in [6.45, 7) is 1.89. The third-order valence-electron chi connectivity index (χ3n) is 4.75. The highest BCUT2D eigenvalue weighted by molar-refractivity contribution is 6.31. The first-order valence-electron chi connectivity index (χ1n) is 9.20. The minimum Gasteiger partial charge on any atom is -0.306 e. The molecule has 5 nitrogen and oxygen atoms in total. The van der Waals surface area contributed by atoms with Gasteiger partial charge in [0.25, 0.3) is 0 Å². The van der Waals surface area contributed by atoms with Gasteiger partial charge in [0.1, 0.15) is 0 Å². The number of ketones is 1. The van der Waals surface area contributed by atoms with E-state index in [0.29, 0.717) is 17.5 Å². The first-order chi connectivity index (χ1) is 13.0. The van der Waals surface area contributed by atoms with Crippen LogP contribution in [0.25, 0.3) is 11.0 Å². The van der Waals surface area contributed by atoms with E-state index in [9.17, 15) is 9.59 Å². The summed E-state index contributed by atoms with van der Waals surface area (Å²) in [5, 5.41) is 0.817. The molecule has 0 fully saturated rings. The van der Waals surface area contributed by atoms with Gasteiger partial charge in [-0.3, -0.25) is 4.79 Å². The first-order valence-corrected chi connectivity index (χ1v) is 9.58. The van der Waals surface area contributed by atoms with Gasteiger partial charge in [0, 0.05) is 23.6 Å². The summed E-state index contributed by atoms with van der Waals surface area (Å²) in [5.74, 6) is 0.109. The summed E-state index contributed by atoms with van der Waals surface area (Å²) in [7, 11) is 2.09. The highest BCUT2D eigenvalue weighted by atomic mass is 35.5. The molecule has 0 aliphatic heterocycles. The number of aromatic amines is 2. The first kappa shape index (κ1) is 22.2. The summed E-state index contributed by atoms with van der Waals surface area (Å²) in [5.41, 5.74) is 2.94. The van der Waals surface area contributed by atoms with Gasteiger partial charge in [0.2, 0.25) is 0 Å². The Morgan fingerprint density at radius 3 is 2.57 bits per heavy atom. The number of fused-ring (bicyclic) bond motifs is 1. The molecule has 0 bridgehead atoms. The van der Waals surface area contributed by atoms with E-state index < -0.39 is 0 Å². The topological polar surface area (TPSA) is 69.0 Å². The molecule has 1 aromatic heterocycles. The molecule has 0 unspecified atom stereocenters. The van der Waals surface area contributed by atoms with Crippen LogP contribution in [-0.2, 0) is 6.42 Å². The van der Waals surface area contributed by atoms with Crippen LogP contribution in [0.3, 0.4) is 0 Å². The minimum atomic E-state index is -0.255. The number of halogens is 2. The van der Waals surface area contributed by atoms with E-state index in [0.717, 1.165) is 42.9 Å². The second-order valence-corrected chi connectivity index (χ2v) is 7.27. The molecule has 0 radical (unpaired) electrons.